The van der Waals surface area contributed by atoms with Crippen LogP contribution in [0.25, 0.3) is 32.9 Å². The number of carbonyl (C=O) groups is 1. The second-order valence-corrected chi connectivity index (χ2v) is 7.79. The fraction of sp³-hybridized carbons (Fsp3) is 0.107. The van der Waals surface area contributed by atoms with Crippen molar-refractivity contribution in [2.75, 3.05) is 7.11 Å². The van der Waals surface area contributed by atoms with Crippen LogP contribution >= 0.6 is 0 Å². The predicted molar refractivity (Wildman–Crippen MR) is 128 cm³/mol. The zero-order chi connectivity index (χ0) is 22.1. The van der Waals surface area contributed by atoms with Gasteiger partial charge in [0, 0.05) is 29.8 Å². The number of rotatable bonds is 5. The molecule has 32 heavy (non-hydrogen) atoms. The lowest BCUT2D eigenvalue weighted by Crippen LogP contribution is -2.05. The molecule has 4 aromatic carbocycles. The molecule has 1 N–H and O–H groups in total. The lowest BCUT2D eigenvalue weighted by molar-refractivity contribution is -0.131. The van der Waals surface area contributed by atoms with Gasteiger partial charge in [0.2, 0.25) is 0 Å². The van der Waals surface area contributed by atoms with Crippen LogP contribution in [0.1, 0.15) is 18.1 Å². The average Bonchev–Trinajstić information content (AvgIpc) is 3.19. The van der Waals surface area contributed by atoms with Gasteiger partial charge in [-0.25, -0.2) is 0 Å². The van der Waals surface area contributed by atoms with E-state index in [1.54, 1.807) is 7.11 Å². The van der Waals surface area contributed by atoms with Gasteiger partial charge < -0.3 is 14.5 Å². The van der Waals surface area contributed by atoms with Crippen molar-refractivity contribution < 1.29 is 14.3 Å². The number of para-hydroxylation sites is 1. The van der Waals surface area contributed by atoms with E-state index < -0.39 is 0 Å². The Balaban J connectivity index is 1.74. The standard InChI is InChI=1S/C28H23NO3/c1-18(30)32-27-15-12-20-16-21(31-2)13-14-22(20)24(27)17-25-23-10-6-7-11-26(23)29-28(25)19-8-4-3-5-9-19/h3-16,29H,17H2,1-2H3. The summed E-state index contributed by atoms with van der Waals surface area (Å²) in [5.41, 5.74) is 5.42. The third-order valence-electron chi connectivity index (χ3n) is 5.78. The number of hydrogen-bond acceptors (Lipinski definition) is 3. The van der Waals surface area contributed by atoms with Crippen molar-refractivity contribution >= 4 is 27.6 Å². The van der Waals surface area contributed by atoms with Crippen LogP contribution in [0.4, 0.5) is 0 Å². The first-order valence-corrected chi connectivity index (χ1v) is 10.6. The third kappa shape index (κ3) is 3.60. The number of esters is 1. The number of fused-ring (bicyclic) bond motifs is 2. The van der Waals surface area contributed by atoms with Gasteiger partial charge in [-0.2, -0.15) is 0 Å². The molecule has 5 aromatic rings. The second kappa shape index (κ2) is 8.23. The van der Waals surface area contributed by atoms with Crippen molar-refractivity contribution in [1.29, 1.82) is 0 Å². The van der Waals surface area contributed by atoms with E-state index >= 15 is 0 Å². The molecule has 4 nitrogen and oxygen atoms in total. The molecule has 0 aliphatic rings. The van der Waals surface area contributed by atoms with Crippen LogP contribution in [0.3, 0.4) is 0 Å². The Morgan fingerprint density at radius 1 is 0.844 bits per heavy atom. The van der Waals surface area contributed by atoms with Crippen LogP contribution in [-0.2, 0) is 11.2 Å². The maximum Gasteiger partial charge on any atom is 0.308 e. The Morgan fingerprint density at radius 2 is 1.62 bits per heavy atom. The van der Waals surface area contributed by atoms with Crippen LogP contribution in [0.5, 0.6) is 11.5 Å². The molecule has 0 fully saturated rings. The molecule has 0 bridgehead atoms. The molecule has 0 spiro atoms. The fourth-order valence-electron chi connectivity index (χ4n) is 4.32. The predicted octanol–water partition coefficient (Wildman–Crippen LogP) is 6.51. The van der Waals surface area contributed by atoms with Gasteiger partial charge in [-0.05, 0) is 46.2 Å². The molecule has 0 saturated carbocycles. The molecule has 0 unspecified atom stereocenters. The number of benzene rings is 4. The molecule has 5 rings (SSSR count). The summed E-state index contributed by atoms with van der Waals surface area (Å²) < 4.78 is 11.0. The van der Waals surface area contributed by atoms with Gasteiger partial charge in [-0.3, -0.25) is 4.79 Å². The topological polar surface area (TPSA) is 51.3 Å². The Bertz CT molecular complexity index is 1430. The summed E-state index contributed by atoms with van der Waals surface area (Å²) in [4.78, 5) is 15.5. The highest BCUT2D eigenvalue weighted by atomic mass is 16.5. The van der Waals surface area contributed by atoms with E-state index in [1.165, 1.54) is 12.5 Å². The minimum atomic E-state index is -0.332. The van der Waals surface area contributed by atoms with Crippen molar-refractivity contribution in [1.82, 2.24) is 4.98 Å². The Kier molecular flexibility index (Phi) is 5.12. The van der Waals surface area contributed by atoms with E-state index in [0.717, 1.165) is 44.2 Å². The summed E-state index contributed by atoms with van der Waals surface area (Å²) in [6, 6.07) is 28.4. The van der Waals surface area contributed by atoms with Gasteiger partial charge in [0.15, 0.2) is 0 Å². The normalized spacial score (nSPS) is 11.1. The minimum absolute atomic E-state index is 0.332. The molecule has 1 heterocycles. The number of carbonyl (C=O) groups excluding carboxylic acids is 1. The first-order valence-electron chi connectivity index (χ1n) is 10.6. The van der Waals surface area contributed by atoms with Gasteiger partial charge in [0.1, 0.15) is 11.5 Å². The van der Waals surface area contributed by atoms with Gasteiger partial charge in [-0.15, -0.1) is 0 Å². The van der Waals surface area contributed by atoms with Gasteiger partial charge in [0.25, 0.3) is 0 Å². The number of aromatic nitrogens is 1. The van der Waals surface area contributed by atoms with E-state index in [1.807, 2.05) is 54.6 Å². The summed E-state index contributed by atoms with van der Waals surface area (Å²) in [6.07, 6.45) is 0.612. The highest BCUT2D eigenvalue weighted by Gasteiger charge is 2.18. The Hall–Kier alpha value is -4.05. The highest BCUT2D eigenvalue weighted by molar-refractivity contribution is 5.94. The van der Waals surface area contributed by atoms with E-state index in [-0.39, 0.29) is 5.97 Å². The molecular formula is C28H23NO3. The lowest BCUT2D eigenvalue weighted by Gasteiger charge is -2.14. The number of methoxy groups -OCH3 is 1. The van der Waals surface area contributed by atoms with Crippen molar-refractivity contribution in [3.05, 3.63) is 96.1 Å². The van der Waals surface area contributed by atoms with Crippen LogP contribution < -0.4 is 9.47 Å². The quantitative estimate of drug-likeness (QED) is 0.260. The zero-order valence-electron chi connectivity index (χ0n) is 18.0. The van der Waals surface area contributed by atoms with Crippen LogP contribution in [-0.4, -0.2) is 18.1 Å². The van der Waals surface area contributed by atoms with E-state index in [4.69, 9.17) is 9.47 Å². The summed E-state index contributed by atoms with van der Waals surface area (Å²) in [5.74, 6) is 1.04. The largest absolute Gasteiger partial charge is 0.497 e. The van der Waals surface area contributed by atoms with E-state index in [0.29, 0.717) is 12.2 Å². The van der Waals surface area contributed by atoms with Gasteiger partial charge >= 0.3 is 5.97 Å². The van der Waals surface area contributed by atoms with Crippen molar-refractivity contribution in [2.45, 2.75) is 13.3 Å². The van der Waals surface area contributed by atoms with Crippen LogP contribution in [0.2, 0.25) is 0 Å². The average molecular weight is 421 g/mol. The number of ether oxygens (including phenoxy) is 2. The van der Waals surface area contributed by atoms with Crippen molar-refractivity contribution in [3.8, 4) is 22.8 Å². The molecule has 1 aromatic heterocycles. The maximum absolute atomic E-state index is 11.9. The van der Waals surface area contributed by atoms with E-state index in [2.05, 4.69) is 35.3 Å². The zero-order valence-corrected chi connectivity index (χ0v) is 18.0. The monoisotopic (exact) mass is 421 g/mol. The smallest absolute Gasteiger partial charge is 0.308 e. The number of H-pyrrole nitrogens is 1. The first kappa shape index (κ1) is 19.9. The molecule has 0 radical (unpaired) electrons. The molecule has 0 aliphatic heterocycles. The molecule has 4 heteroatoms. The summed E-state index contributed by atoms with van der Waals surface area (Å²) >= 11 is 0. The summed E-state index contributed by atoms with van der Waals surface area (Å²) in [6.45, 7) is 1.43. The lowest BCUT2D eigenvalue weighted by atomic mass is 9.94. The first-order chi connectivity index (χ1) is 15.6. The third-order valence-corrected chi connectivity index (χ3v) is 5.78. The number of nitrogens with one attached hydrogen (secondary N) is 1. The summed E-state index contributed by atoms with van der Waals surface area (Å²) in [7, 11) is 1.66. The highest BCUT2D eigenvalue weighted by Crippen LogP contribution is 2.37. The second-order valence-electron chi connectivity index (χ2n) is 7.79. The van der Waals surface area contributed by atoms with Gasteiger partial charge in [0.05, 0.1) is 12.8 Å². The molecule has 0 amide bonds. The SMILES string of the molecule is COc1ccc2c(Cc3c(-c4ccccc4)[nH]c4ccccc34)c(OC(C)=O)ccc2c1. The maximum atomic E-state index is 11.9. The van der Waals surface area contributed by atoms with E-state index in [9.17, 15) is 4.79 Å². The minimum Gasteiger partial charge on any atom is -0.497 e. The van der Waals surface area contributed by atoms with Crippen LogP contribution in [0.15, 0.2) is 84.9 Å². The van der Waals surface area contributed by atoms with Crippen molar-refractivity contribution in [3.63, 3.8) is 0 Å². The molecule has 0 atom stereocenters. The Labute approximate surface area is 186 Å². The fourth-order valence-corrected chi connectivity index (χ4v) is 4.32. The molecule has 0 saturated heterocycles. The summed E-state index contributed by atoms with van der Waals surface area (Å²) in [5, 5.41) is 3.23. The van der Waals surface area contributed by atoms with Crippen LogP contribution in [0, 0.1) is 0 Å². The Morgan fingerprint density at radius 3 is 2.41 bits per heavy atom. The molecule has 0 aliphatic carbocycles. The van der Waals surface area contributed by atoms with Gasteiger partial charge in [-0.1, -0.05) is 60.7 Å². The number of aromatic amines is 1. The molecular weight excluding hydrogens is 398 g/mol. The molecule has 158 valence electrons. The number of hydrogen-bond donors (Lipinski definition) is 1. The van der Waals surface area contributed by atoms with Crippen molar-refractivity contribution in [2.24, 2.45) is 0 Å².